The van der Waals surface area contributed by atoms with E-state index in [1.54, 1.807) is 24.3 Å². The quantitative estimate of drug-likeness (QED) is 0.327. The normalized spacial score (nSPS) is 24.3. The van der Waals surface area contributed by atoms with Gasteiger partial charge in [0.25, 0.3) is 5.91 Å². The highest BCUT2D eigenvalue weighted by atomic mass is 16.2. The number of hydrogen-bond donors (Lipinski definition) is 1. The molecule has 3 aliphatic carbocycles. The first-order valence-electron chi connectivity index (χ1n) is 13.5. The number of nitrogens with one attached hydrogen (secondary N) is 1. The lowest BCUT2D eigenvalue weighted by Gasteiger charge is -2.51. The van der Waals surface area contributed by atoms with Crippen molar-refractivity contribution in [1.82, 2.24) is 0 Å². The number of anilines is 2. The van der Waals surface area contributed by atoms with Crippen LogP contribution in [0.5, 0.6) is 0 Å². The van der Waals surface area contributed by atoms with Gasteiger partial charge in [-0.3, -0.25) is 14.4 Å². The lowest BCUT2D eigenvalue weighted by molar-refractivity contribution is -0.128. The summed E-state index contributed by atoms with van der Waals surface area (Å²) in [5.74, 6) is -1.41. The zero-order valence-electron chi connectivity index (χ0n) is 21.8. The molecule has 5 nitrogen and oxygen atoms in total. The Morgan fingerprint density at radius 3 is 1.97 bits per heavy atom. The number of imide groups is 1. The molecule has 1 aliphatic heterocycles. The SMILES string of the molecule is CCc1ccccc1NC(=O)c1ccc(N2C(=O)[C@H]3C4c5ccccc5C(c5ccccc54)[C@]3(C)C2=O)cc1. The number of rotatable bonds is 4. The molecule has 2 atom stereocenters. The molecule has 0 unspecified atom stereocenters. The highest BCUT2D eigenvalue weighted by Crippen LogP contribution is 2.67. The van der Waals surface area contributed by atoms with Crippen LogP contribution in [0.15, 0.2) is 97.1 Å². The summed E-state index contributed by atoms with van der Waals surface area (Å²) in [5, 5.41) is 2.98. The second kappa shape index (κ2) is 8.50. The lowest BCUT2D eigenvalue weighted by atomic mass is 9.48. The third-order valence-corrected chi connectivity index (χ3v) is 9.05. The van der Waals surface area contributed by atoms with E-state index in [0.29, 0.717) is 11.3 Å². The Bertz CT molecular complexity index is 1630. The van der Waals surface area contributed by atoms with Crippen LogP contribution in [0.1, 0.15) is 63.9 Å². The van der Waals surface area contributed by atoms with E-state index in [1.807, 2.05) is 62.4 Å². The van der Waals surface area contributed by atoms with E-state index in [1.165, 1.54) is 4.90 Å². The van der Waals surface area contributed by atoms with Crippen molar-refractivity contribution in [3.8, 4) is 0 Å². The Labute approximate surface area is 227 Å². The van der Waals surface area contributed by atoms with Gasteiger partial charge < -0.3 is 5.32 Å². The molecule has 1 fully saturated rings. The summed E-state index contributed by atoms with van der Waals surface area (Å²) in [5.41, 5.74) is 6.49. The maximum Gasteiger partial charge on any atom is 0.255 e. The predicted molar refractivity (Wildman–Crippen MR) is 151 cm³/mol. The van der Waals surface area contributed by atoms with Gasteiger partial charge in [-0.2, -0.15) is 0 Å². The largest absolute Gasteiger partial charge is 0.322 e. The van der Waals surface area contributed by atoms with Gasteiger partial charge in [-0.15, -0.1) is 0 Å². The second-order valence-electron chi connectivity index (χ2n) is 10.9. The Hall–Kier alpha value is -4.51. The molecular formula is C34H28N2O3. The van der Waals surface area contributed by atoms with Crippen LogP contribution in [0.3, 0.4) is 0 Å². The Balaban J connectivity index is 1.24. The minimum absolute atomic E-state index is 0.169. The molecule has 0 aromatic heterocycles. The highest BCUT2D eigenvalue weighted by Gasteiger charge is 2.68. The fraction of sp³-hybridized carbons (Fsp3) is 0.206. The number of aryl methyl sites for hydroxylation is 1. The van der Waals surface area contributed by atoms with Gasteiger partial charge in [0.05, 0.1) is 17.0 Å². The van der Waals surface area contributed by atoms with Crippen molar-refractivity contribution in [2.75, 3.05) is 10.2 Å². The summed E-state index contributed by atoms with van der Waals surface area (Å²) in [6.07, 6.45) is 0.810. The predicted octanol–water partition coefficient (Wildman–Crippen LogP) is 6.29. The second-order valence-corrected chi connectivity index (χ2v) is 10.9. The number of benzene rings is 4. The maximum atomic E-state index is 14.2. The number of amides is 3. The van der Waals surface area contributed by atoms with Crippen LogP contribution in [0.4, 0.5) is 11.4 Å². The van der Waals surface area contributed by atoms with Gasteiger partial charge in [-0.05, 0) is 71.5 Å². The molecule has 3 amide bonds. The molecule has 1 N–H and O–H groups in total. The van der Waals surface area contributed by atoms with Crippen molar-refractivity contribution in [3.63, 3.8) is 0 Å². The monoisotopic (exact) mass is 512 g/mol. The summed E-state index contributed by atoms with van der Waals surface area (Å²) in [4.78, 5) is 42.7. The zero-order valence-corrected chi connectivity index (χ0v) is 21.8. The molecule has 4 aromatic carbocycles. The molecule has 8 rings (SSSR count). The fourth-order valence-corrected chi connectivity index (χ4v) is 7.27. The van der Waals surface area contributed by atoms with Crippen molar-refractivity contribution < 1.29 is 14.4 Å². The molecule has 0 saturated carbocycles. The van der Waals surface area contributed by atoms with Gasteiger partial charge in [-0.25, -0.2) is 4.90 Å². The first-order valence-corrected chi connectivity index (χ1v) is 13.5. The standard InChI is InChI=1S/C34H28N2O3/c1-3-20-10-4-9-15-27(20)35-31(37)21-16-18-22(19-17-21)36-32(38)30-28-23-11-5-7-13-25(23)29(34(30,2)33(36)39)26-14-8-6-12-24(26)28/h4-19,28-30H,3H2,1-2H3,(H,35,37)/t28?,29?,30-,34+/m1/s1. The average molecular weight is 513 g/mol. The maximum absolute atomic E-state index is 14.2. The van der Waals surface area contributed by atoms with Gasteiger partial charge in [0, 0.05) is 23.1 Å². The van der Waals surface area contributed by atoms with E-state index in [9.17, 15) is 14.4 Å². The highest BCUT2D eigenvalue weighted by molar-refractivity contribution is 6.25. The van der Waals surface area contributed by atoms with Crippen molar-refractivity contribution in [1.29, 1.82) is 0 Å². The van der Waals surface area contributed by atoms with Crippen LogP contribution in [0.2, 0.25) is 0 Å². The van der Waals surface area contributed by atoms with Crippen molar-refractivity contribution in [2.45, 2.75) is 32.1 Å². The topological polar surface area (TPSA) is 66.5 Å². The number of para-hydroxylation sites is 1. The van der Waals surface area contributed by atoms with Crippen molar-refractivity contribution in [2.24, 2.45) is 11.3 Å². The third kappa shape index (κ3) is 3.16. The van der Waals surface area contributed by atoms with Gasteiger partial charge in [0.1, 0.15) is 0 Å². The molecule has 2 bridgehead atoms. The number of nitrogens with zero attached hydrogens (tertiary/aromatic N) is 1. The molecule has 0 radical (unpaired) electrons. The Morgan fingerprint density at radius 1 is 0.795 bits per heavy atom. The summed E-state index contributed by atoms with van der Waals surface area (Å²) in [6, 6.07) is 31.0. The van der Waals surface area contributed by atoms with Gasteiger partial charge in [0.15, 0.2) is 0 Å². The van der Waals surface area contributed by atoms with Crippen LogP contribution in [-0.4, -0.2) is 17.7 Å². The van der Waals surface area contributed by atoms with E-state index in [-0.39, 0.29) is 29.6 Å². The van der Waals surface area contributed by atoms with Crippen LogP contribution < -0.4 is 10.2 Å². The number of hydrogen-bond acceptors (Lipinski definition) is 3. The fourth-order valence-electron chi connectivity index (χ4n) is 7.27. The summed E-state index contributed by atoms with van der Waals surface area (Å²) in [6.45, 7) is 4.01. The van der Waals surface area contributed by atoms with E-state index in [2.05, 4.69) is 29.6 Å². The number of carbonyl (C=O) groups excluding carboxylic acids is 3. The van der Waals surface area contributed by atoms with Crippen LogP contribution >= 0.6 is 0 Å². The summed E-state index contributed by atoms with van der Waals surface area (Å²) < 4.78 is 0. The Kier molecular flexibility index (Phi) is 5.14. The molecule has 39 heavy (non-hydrogen) atoms. The van der Waals surface area contributed by atoms with E-state index >= 15 is 0 Å². The lowest BCUT2D eigenvalue weighted by Crippen LogP contribution is -2.49. The molecule has 0 spiro atoms. The Morgan fingerprint density at radius 2 is 1.36 bits per heavy atom. The molecule has 1 heterocycles. The van der Waals surface area contributed by atoms with Crippen molar-refractivity contribution >= 4 is 29.1 Å². The van der Waals surface area contributed by atoms with Crippen LogP contribution in [0.25, 0.3) is 0 Å². The molecular weight excluding hydrogens is 484 g/mol. The van der Waals surface area contributed by atoms with Crippen molar-refractivity contribution in [3.05, 3.63) is 130 Å². The molecule has 4 aromatic rings. The van der Waals surface area contributed by atoms with E-state index < -0.39 is 11.3 Å². The smallest absolute Gasteiger partial charge is 0.255 e. The summed E-state index contributed by atoms with van der Waals surface area (Å²) >= 11 is 0. The first-order chi connectivity index (χ1) is 18.9. The third-order valence-electron chi connectivity index (χ3n) is 9.05. The number of carbonyl (C=O) groups is 3. The zero-order chi connectivity index (χ0) is 26.9. The van der Waals surface area contributed by atoms with Crippen LogP contribution in [0, 0.1) is 11.3 Å². The minimum atomic E-state index is -0.885. The minimum Gasteiger partial charge on any atom is -0.322 e. The van der Waals surface area contributed by atoms with Gasteiger partial charge >= 0.3 is 0 Å². The average Bonchev–Trinajstić information content (AvgIpc) is 3.18. The first kappa shape index (κ1) is 23.6. The molecule has 1 saturated heterocycles. The molecule has 5 heteroatoms. The molecule has 4 aliphatic rings. The van der Waals surface area contributed by atoms with Gasteiger partial charge in [0.2, 0.25) is 11.8 Å². The van der Waals surface area contributed by atoms with E-state index in [0.717, 1.165) is 39.9 Å². The van der Waals surface area contributed by atoms with Gasteiger partial charge in [-0.1, -0.05) is 73.7 Å². The molecule has 192 valence electrons. The summed E-state index contributed by atoms with van der Waals surface area (Å²) in [7, 11) is 0. The van der Waals surface area contributed by atoms with E-state index in [4.69, 9.17) is 0 Å². The van der Waals surface area contributed by atoms with Crippen LogP contribution in [-0.2, 0) is 16.0 Å².